The molecule has 1 amide bonds. The Hall–Kier alpha value is -1.92. The molecular weight excluding hydrogens is 351 g/mol. The number of carbonyl (C=O) groups excluding carboxylic acids is 1. The number of thiophene rings is 1. The van der Waals surface area contributed by atoms with Crippen LogP contribution in [-0.4, -0.2) is 42.1 Å². The molecule has 0 spiro atoms. The number of piperazine rings is 1. The lowest BCUT2D eigenvalue weighted by Crippen LogP contribution is -2.48. The fraction of sp³-hybridized carbons (Fsp3) is 0.450. The summed E-state index contributed by atoms with van der Waals surface area (Å²) in [6.07, 6.45) is 0.251. The monoisotopic (exact) mass is 376 g/mol. The first-order valence-corrected chi connectivity index (χ1v) is 9.83. The van der Waals surface area contributed by atoms with Gasteiger partial charge in [0.25, 0.3) is 5.91 Å². The second-order valence-electron chi connectivity index (χ2n) is 6.71. The first-order chi connectivity index (χ1) is 12.4. The van der Waals surface area contributed by atoms with Crippen LogP contribution in [0.3, 0.4) is 0 Å². The van der Waals surface area contributed by atoms with Crippen molar-refractivity contribution in [1.29, 1.82) is 0 Å². The Morgan fingerprint density at radius 1 is 1.27 bits per heavy atom. The van der Waals surface area contributed by atoms with E-state index < -0.39 is 6.10 Å². The second kappa shape index (κ2) is 7.76. The third-order valence-electron chi connectivity index (χ3n) is 4.97. The van der Waals surface area contributed by atoms with E-state index in [1.54, 1.807) is 30.4 Å². The predicted octanol–water partition coefficient (Wildman–Crippen LogP) is 3.77. The summed E-state index contributed by atoms with van der Waals surface area (Å²) in [6, 6.07) is 6.85. The molecule has 1 N–H and O–H groups in total. The zero-order valence-electron chi connectivity index (χ0n) is 15.5. The standard InChI is InChI=1S/C20H25FN2O2S/c1-4-15-12-19(26-14(15)3)20(25)23-9-7-22(8-10-23)18-6-5-16(13(2)24)11-17(18)21/h5-6,11-13,24H,4,7-10H2,1-3H3/t13-/m1/s1. The smallest absolute Gasteiger partial charge is 0.264 e. The van der Waals surface area contributed by atoms with Crippen LogP contribution in [0.4, 0.5) is 10.1 Å². The van der Waals surface area contributed by atoms with E-state index in [0.29, 0.717) is 37.4 Å². The maximum atomic E-state index is 14.4. The normalized spacial score (nSPS) is 16.0. The zero-order chi connectivity index (χ0) is 18.8. The van der Waals surface area contributed by atoms with Crippen molar-refractivity contribution >= 4 is 22.9 Å². The van der Waals surface area contributed by atoms with Gasteiger partial charge in [-0.05, 0) is 49.6 Å². The molecule has 6 heteroatoms. The number of rotatable bonds is 4. The van der Waals surface area contributed by atoms with Crippen molar-refractivity contribution < 1.29 is 14.3 Å². The van der Waals surface area contributed by atoms with Crippen molar-refractivity contribution in [2.45, 2.75) is 33.3 Å². The number of hydrogen-bond acceptors (Lipinski definition) is 4. The molecular formula is C20H25FN2O2S. The number of halogens is 1. The van der Waals surface area contributed by atoms with Crippen LogP contribution in [0.1, 0.15) is 45.6 Å². The van der Waals surface area contributed by atoms with Gasteiger partial charge in [0.2, 0.25) is 0 Å². The summed E-state index contributed by atoms with van der Waals surface area (Å²) in [4.78, 5) is 18.5. The van der Waals surface area contributed by atoms with Crippen molar-refractivity contribution in [2.24, 2.45) is 0 Å². The van der Waals surface area contributed by atoms with Gasteiger partial charge in [-0.15, -0.1) is 11.3 Å². The second-order valence-corrected chi connectivity index (χ2v) is 7.97. The van der Waals surface area contributed by atoms with Gasteiger partial charge in [-0.3, -0.25) is 4.79 Å². The SMILES string of the molecule is CCc1cc(C(=O)N2CCN(c3ccc([C@@H](C)O)cc3F)CC2)sc1C. The lowest BCUT2D eigenvalue weighted by molar-refractivity contribution is 0.0751. The fourth-order valence-electron chi connectivity index (χ4n) is 3.32. The highest BCUT2D eigenvalue weighted by molar-refractivity contribution is 7.14. The van der Waals surface area contributed by atoms with Crippen molar-refractivity contribution in [3.8, 4) is 0 Å². The Balaban J connectivity index is 1.66. The highest BCUT2D eigenvalue weighted by Gasteiger charge is 2.25. The van der Waals surface area contributed by atoms with E-state index in [2.05, 4.69) is 13.8 Å². The molecule has 0 bridgehead atoms. The topological polar surface area (TPSA) is 43.8 Å². The average Bonchev–Trinajstić information content (AvgIpc) is 3.02. The Morgan fingerprint density at radius 3 is 2.50 bits per heavy atom. The minimum Gasteiger partial charge on any atom is -0.389 e. The average molecular weight is 376 g/mol. The van der Waals surface area contributed by atoms with Crippen LogP contribution >= 0.6 is 11.3 Å². The third kappa shape index (κ3) is 3.76. The first-order valence-electron chi connectivity index (χ1n) is 9.01. The van der Waals surface area contributed by atoms with Gasteiger partial charge in [0.05, 0.1) is 16.7 Å². The van der Waals surface area contributed by atoms with Crippen molar-refractivity contribution in [3.05, 3.63) is 51.0 Å². The maximum Gasteiger partial charge on any atom is 0.264 e. The van der Waals surface area contributed by atoms with Crippen LogP contribution in [0.25, 0.3) is 0 Å². The number of benzene rings is 1. The van der Waals surface area contributed by atoms with Crippen molar-refractivity contribution in [3.63, 3.8) is 0 Å². The number of nitrogens with zero attached hydrogens (tertiary/aromatic N) is 2. The Morgan fingerprint density at radius 2 is 1.96 bits per heavy atom. The summed E-state index contributed by atoms with van der Waals surface area (Å²) in [5.74, 6) is -0.257. The van der Waals surface area contributed by atoms with Crippen LogP contribution in [0, 0.1) is 12.7 Å². The first kappa shape index (κ1) is 18.9. The lowest BCUT2D eigenvalue weighted by atomic mass is 10.1. The predicted molar refractivity (Wildman–Crippen MR) is 104 cm³/mol. The Labute approximate surface area is 157 Å². The maximum absolute atomic E-state index is 14.4. The van der Waals surface area contributed by atoms with E-state index in [9.17, 15) is 14.3 Å². The van der Waals surface area contributed by atoms with E-state index >= 15 is 0 Å². The van der Waals surface area contributed by atoms with Gasteiger partial charge in [0.1, 0.15) is 5.82 Å². The Bertz CT molecular complexity index is 795. The van der Waals surface area contributed by atoms with Gasteiger partial charge in [0.15, 0.2) is 0 Å². The van der Waals surface area contributed by atoms with Gasteiger partial charge >= 0.3 is 0 Å². The van der Waals surface area contributed by atoms with E-state index in [1.165, 1.54) is 16.5 Å². The molecule has 0 unspecified atom stereocenters. The number of hydrogen-bond donors (Lipinski definition) is 1. The minimum absolute atomic E-state index is 0.0716. The molecule has 0 saturated carbocycles. The van der Waals surface area contributed by atoms with E-state index in [4.69, 9.17) is 0 Å². The fourth-order valence-corrected chi connectivity index (χ4v) is 4.40. The third-order valence-corrected chi connectivity index (χ3v) is 6.05. The molecule has 1 atom stereocenters. The molecule has 1 aromatic carbocycles. The van der Waals surface area contributed by atoms with E-state index in [1.807, 2.05) is 15.9 Å². The summed E-state index contributed by atoms with van der Waals surface area (Å²) >= 11 is 1.56. The van der Waals surface area contributed by atoms with Crippen LogP contribution in [-0.2, 0) is 6.42 Å². The molecule has 26 heavy (non-hydrogen) atoms. The van der Waals surface area contributed by atoms with Crippen LogP contribution in [0.5, 0.6) is 0 Å². The number of aliphatic hydroxyl groups excluding tert-OH is 1. The lowest BCUT2D eigenvalue weighted by Gasteiger charge is -2.36. The largest absolute Gasteiger partial charge is 0.389 e. The van der Waals surface area contributed by atoms with Crippen LogP contribution in [0.15, 0.2) is 24.3 Å². The molecule has 1 fully saturated rings. The molecule has 1 aliphatic heterocycles. The Kier molecular flexibility index (Phi) is 5.63. The molecule has 1 saturated heterocycles. The minimum atomic E-state index is -0.685. The van der Waals surface area contributed by atoms with E-state index in [0.717, 1.165) is 11.3 Å². The van der Waals surface area contributed by atoms with Crippen LogP contribution < -0.4 is 4.90 Å². The zero-order valence-corrected chi connectivity index (χ0v) is 16.3. The molecule has 0 radical (unpaired) electrons. The van der Waals surface area contributed by atoms with Gasteiger partial charge in [0, 0.05) is 31.1 Å². The van der Waals surface area contributed by atoms with Crippen molar-refractivity contribution in [1.82, 2.24) is 4.90 Å². The summed E-state index contributed by atoms with van der Waals surface area (Å²) < 4.78 is 14.4. The van der Waals surface area contributed by atoms with Gasteiger partial charge in [-0.25, -0.2) is 4.39 Å². The molecule has 2 aromatic rings. The molecule has 140 valence electrons. The highest BCUT2D eigenvalue weighted by atomic mass is 32.1. The quantitative estimate of drug-likeness (QED) is 0.883. The molecule has 3 rings (SSSR count). The molecule has 4 nitrogen and oxygen atoms in total. The number of aliphatic hydroxyl groups is 1. The molecule has 2 heterocycles. The number of aryl methyl sites for hydroxylation is 2. The summed E-state index contributed by atoms with van der Waals surface area (Å²) in [5, 5.41) is 9.57. The summed E-state index contributed by atoms with van der Waals surface area (Å²) in [5.41, 5.74) is 2.33. The molecule has 0 aliphatic carbocycles. The number of amides is 1. The summed E-state index contributed by atoms with van der Waals surface area (Å²) in [6.45, 7) is 8.12. The molecule has 1 aromatic heterocycles. The van der Waals surface area contributed by atoms with Gasteiger partial charge < -0.3 is 14.9 Å². The van der Waals surface area contributed by atoms with Gasteiger partial charge in [-0.2, -0.15) is 0 Å². The summed E-state index contributed by atoms with van der Waals surface area (Å²) in [7, 11) is 0. The van der Waals surface area contributed by atoms with E-state index in [-0.39, 0.29) is 11.7 Å². The van der Waals surface area contributed by atoms with Crippen LogP contribution in [0.2, 0.25) is 0 Å². The highest BCUT2D eigenvalue weighted by Crippen LogP contribution is 2.26. The number of carbonyl (C=O) groups is 1. The van der Waals surface area contributed by atoms with Gasteiger partial charge in [-0.1, -0.05) is 13.0 Å². The molecule has 1 aliphatic rings. The van der Waals surface area contributed by atoms with Crippen molar-refractivity contribution in [2.75, 3.05) is 31.1 Å². The number of anilines is 1.